The SMILES string of the molecule is Cc1ccc(C)c(NC(=O)CN(C)C(=O)CSc2ccccn2)c1. The molecular formula is C18H21N3O2S. The summed E-state index contributed by atoms with van der Waals surface area (Å²) >= 11 is 1.36. The number of anilines is 1. The highest BCUT2D eigenvalue weighted by atomic mass is 32.2. The van der Waals surface area contributed by atoms with E-state index < -0.39 is 0 Å². The van der Waals surface area contributed by atoms with Gasteiger partial charge in [-0.15, -0.1) is 0 Å². The predicted molar refractivity (Wildman–Crippen MR) is 97.1 cm³/mol. The second-order valence-corrected chi connectivity index (χ2v) is 6.57. The smallest absolute Gasteiger partial charge is 0.243 e. The van der Waals surface area contributed by atoms with Crippen molar-refractivity contribution < 1.29 is 9.59 Å². The van der Waals surface area contributed by atoms with Gasteiger partial charge in [-0.25, -0.2) is 4.98 Å². The van der Waals surface area contributed by atoms with Gasteiger partial charge in [0.15, 0.2) is 0 Å². The van der Waals surface area contributed by atoms with Crippen molar-refractivity contribution in [3.05, 3.63) is 53.7 Å². The molecule has 1 N–H and O–H groups in total. The maximum Gasteiger partial charge on any atom is 0.243 e. The first-order valence-electron chi connectivity index (χ1n) is 7.60. The van der Waals surface area contributed by atoms with Crippen molar-refractivity contribution >= 4 is 29.3 Å². The van der Waals surface area contributed by atoms with Crippen molar-refractivity contribution in [3.63, 3.8) is 0 Å². The van der Waals surface area contributed by atoms with Gasteiger partial charge in [0.05, 0.1) is 17.3 Å². The van der Waals surface area contributed by atoms with Crippen LogP contribution in [0, 0.1) is 13.8 Å². The molecule has 0 saturated heterocycles. The maximum atomic E-state index is 12.1. The zero-order valence-electron chi connectivity index (χ0n) is 14.1. The fourth-order valence-electron chi connectivity index (χ4n) is 2.04. The van der Waals surface area contributed by atoms with Crippen molar-refractivity contribution in [2.45, 2.75) is 18.9 Å². The highest BCUT2D eigenvalue weighted by Crippen LogP contribution is 2.17. The number of nitrogens with one attached hydrogen (secondary N) is 1. The summed E-state index contributed by atoms with van der Waals surface area (Å²) in [5.41, 5.74) is 2.85. The van der Waals surface area contributed by atoms with E-state index in [1.54, 1.807) is 13.2 Å². The fraction of sp³-hybridized carbons (Fsp3) is 0.278. The molecule has 0 fully saturated rings. The number of nitrogens with zero attached hydrogens (tertiary/aromatic N) is 2. The number of carbonyl (C=O) groups is 2. The molecule has 2 rings (SSSR count). The second kappa shape index (κ2) is 8.49. The lowest BCUT2D eigenvalue weighted by molar-refractivity contribution is -0.131. The molecule has 0 saturated carbocycles. The van der Waals surface area contributed by atoms with Crippen LogP contribution in [0.4, 0.5) is 5.69 Å². The highest BCUT2D eigenvalue weighted by Gasteiger charge is 2.14. The topological polar surface area (TPSA) is 62.3 Å². The molecule has 0 aliphatic carbocycles. The van der Waals surface area contributed by atoms with Crippen LogP contribution in [0.15, 0.2) is 47.6 Å². The minimum Gasteiger partial charge on any atom is -0.336 e. The lowest BCUT2D eigenvalue weighted by Gasteiger charge is -2.17. The Hall–Kier alpha value is -2.34. The largest absolute Gasteiger partial charge is 0.336 e. The third kappa shape index (κ3) is 5.38. The number of aromatic nitrogens is 1. The first-order chi connectivity index (χ1) is 11.5. The molecule has 1 heterocycles. The summed E-state index contributed by atoms with van der Waals surface area (Å²) in [5, 5.41) is 3.65. The van der Waals surface area contributed by atoms with E-state index in [-0.39, 0.29) is 24.1 Å². The molecule has 2 aromatic rings. The van der Waals surface area contributed by atoms with Gasteiger partial charge in [-0.05, 0) is 43.2 Å². The van der Waals surface area contributed by atoms with Crippen LogP contribution in [0.3, 0.4) is 0 Å². The molecule has 0 aliphatic rings. The monoisotopic (exact) mass is 343 g/mol. The fourth-order valence-corrected chi connectivity index (χ4v) is 2.84. The van der Waals surface area contributed by atoms with Crippen molar-refractivity contribution in [1.29, 1.82) is 0 Å². The number of hydrogen-bond acceptors (Lipinski definition) is 4. The zero-order valence-corrected chi connectivity index (χ0v) is 14.9. The van der Waals surface area contributed by atoms with Gasteiger partial charge >= 0.3 is 0 Å². The van der Waals surface area contributed by atoms with Crippen LogP contribution < -0.4 is 5.32 Å². The lowest BCUT2D eigenvalue weighted by Crippen LogP contribution is -2.36. The second-order valence-electron chi connectivity index (χ2n) is 5.57. The van der Waals surface area contributed by atoms with Crippen LogP contribution in [-0.2, 0) is 9.59 Å². The number of aryl methyl sites for hydroxylation is 2. The van der Waals surface area contributed by atoms with Gasteiger partial charge in [0.2, 0.25) is 11.8 Å². The summed E-state index contributed by atoms with van der Waals surface area (Å²) < 4.78 is 0. The number of likely N-dealkylation sites (N-methyl/N-ethyl adjacent to an activating group) is 1. The zero-order chi connectivity index (χ0) is 17.5. The molecule has 1 aromatic carbocycles. The number of amides is 2. The normalized spacial score (nSPS) is 10.3. The molecule has 0 bridgehead atoms. The minimum atomic E-state index is -0.206. The van der Waals surface area contributed by atoms with Gasteiger partial charge in [-0.2, -0.15) is 0 Å². The van der Waals surface area contributed by atoms with E-state index in [1.165, 1.54) is 16.7 Å². The number of pyridine rings is 1. The Kier molecular flexibility index (Phi) is 6.37. The molecule has 0 atom stereocenters. The van der Waals surface area contributed by atoms with Crippen LogP contribution in [0.5, 0.6) is 0 Å². The Bertz CT molecular complexity index is 719. The number of hydrogen-bond donors (Lipinski definition) is 1. The molecule has 24 heavy (non-hydrogen) atoms. The first-order valence-corrected chi connectivity index (χ1v) is 8.59. The molecule has 6 heteroatoms. The molecule has 1 aromatic heterocycles. The van der Waals surface area contributed by atoms with E-state index in [9.17, 15) is 9.59 Å². The summed E-state index contributed by atoms with van der Waals surface area (Å²) in [6.45, 7) is 3.93. The lowest BCUT2D eigenvalue weighted by atomic mass is 10.1. The minimum absolute atomic E-state index is 0.0228. The number of benzene rings is 1. The standard InChI is InChI=1S/C18H21N3O2S/c1-13-7-8-14(2)15(10-13)20-16(22)11-21(3)18(23)12-24-17-6-4-5-9-19-17/h4-10H,11-12H2,1-3H3,(H,20,22). The Morgan fingerprint density at radius 2 is 2.00 bits per heavy atom. The van der Waals surface area contributed by atoms with E-state index in [1.807, 2.05) is 50.2 Å². The summed E-state index contributed by atoms with van der Waals surface area (Å²) in [7, 11) is 1.63. The number of rotatable bonds is 6. The quantitative estimate of drug-likeness (QED) is 0.819. The van der Waals surface area contributed by atoms with Crippen molar-refractivity contribution in [2.75, 3.05) is 24.7 Å². The average molecular weight is 343 g/mol. The summed E-state index contributed by atoms with van der Waals surface area (Å²) in [6.07, 6.45) is 1.69. The van der Waals surface area contributed by atoms with Gasteiger partial charge in [0.1, 0.15) is 0 Å². The molecule has 0 radical (unpaired) electrons. The summed E-state index contributed by atoms with van der Waals surface area (Å²) in [4.78, 5) is 29.8. The number of carbonyl (C=O) groups excluding carboxylic acids is 2. The average Bonchev–Trinajstić information content (AvgIpc) is 2.56. The Balaban J connectivity index is 1.84. The predicted octanol–water partition coefficient (Wildman–Crippen LogP) is 2.89. The van der Waals surface area contributed by atoms with Crippen LogP contribution in [0.1, 0.15) is 11.1 Å². The van der Waals surface area contributed by atoms with E-state index in [0.717, 1.165) is 21.8 Å². The maximum absolute atomic E-state index is 12.1. The molecule has 126 valence electrons. The molecular weight excluding hydrogens is 322 g/mol. The van der Waals surface area contributed by atoms with E-state index in [4.69, 9.17) is 0 Å². The van der Waals surface area contributed by atoms with Crippen LogP contribution in [0.2, 0.25) is 0 Å². The summed E-state index contributed by atoms with van der Waals surface area (Å²) in [5.74, 6) is -0.0614. The highest BCUT2D eigenvalue weighted by molar-refractivity contribution is 7.99. The van der Waals surface area contributed by atoms with Crippen LogP contribution in [-0.4, -0.2) is 41.0 Å². The van der Waals surface area contributed by atoms with E-state index in [0.29, 0.717) is 0 Å². The van der Waals surface area contributed by atoms with Crippen LogP contribution in [0.25, 0.3) is 0 Å². The van der Waals surface area contributed by atoms with E-state index >= 15 is 0 Å². The molecule has 0 aliphatic heterocycles. The first kappa shape index (κ1) is 18.0. The van der Waals surface area contributed by atoms with Gasteiger partial charge in [-0.3, -0.25) is 9.59 Å². The Morgan fingerprint density at radius 3 is 2.71 bits per heavy atom. The Labute approximate surface area is 146 Å². The van der Waals surface area contributed by atoms with Crippen molar-refractivity contribution in [2.24, 2.45) is 0 Å². The summed E-state index contributed by atoms with van der Waals surface area (Å²) in [6, 6.07) is 11.4. The molecule has 0 spiro atoms. The van der Waals surface area contributed by atoms with Gasteiger partial charge < -0.3 is 10.2 Å². The molecule has 5 nitrogen and oxygen atoms in total. The van der Waals surface area contributed by atoms with Crippen LogP contribution >= 0.6 is 11.8 Å². The van der Waals surface area contributed by atoms with Crippen molar-refractivity contribution in [3.8, 4) is 0 Å². The van der Waals surface area contributed by atoms with Gasteiger partial charge in [0.25, 0.3) is 0 Å². The third-order valence-electron chi connectivity index (χ3n) is 3.45. The number of thioether (sulfide) groups is 1. The van der Waals surface area contributed by atoms with Gasteiger partial charge in [0, 0.05) is 18.9 Å². The van der Waals surface area contributed by atoms with Crippen molar-refractivity contribution in [1.82, 2.24) is 9.88 Å². The molecule has 2 amide bonds. The third-order valence-corrected chi connectivity index (χ3v) is 4.38. The Morgan fingerprint density at radius 1 is 1.21 bits per heavy atom. The molecule has 0 unspecified atom stereocenters. The van der Waals surface area contributed by atoms with E-state index in [2.05, 4.69) is 10.3 Å². The van der Waals surface area contributed by atoms with Gasteiger partial charge in [-0.1, -0.05) is 30.0 Å².